The predicted molar refractivity (Wildman–Crippen MR) is 105 cm³/mol. The standard InChI is InChI=1S/C18H22ClN3O4S/c1-2-25-10-3-9-22(12-16(23)21-18-20-8-11-27-18)17(24)13-26-15-6-4-14(19)5-7-15/h4-8,11H,2-3,9-10,12-13H2,1H3,(H,20,21,23). The molecule has 0 radical (unpaired) electrons. The summed E-state index contributed by atoms with van der Waals surface area (Å²) in [5.74, 6) is -0.0498. The van der Waals surface area contributed by atoms with Crippen molar-refractivity contribution in [2.24, 2.45) is 0 Å². The third-order valence-electron chi connectivity index (χ3n) is 3.46. The molecule has 0 aliphatic rings. The third-order valence-corrected chi connectivity index (χ3v) is 4.40. The fourth-order valence-electron chi connectivity index (χ4n) is 2.18. The summed E-state index contributed by atoms with van der Waals surface area (Å²) in [6, 6.07) is 6.74. The van der Waals surface area contributed by atoms with E-state index in [1.807, 2.05) is 6.92 Å². The van der Waals surface area contributed by atoms with Gasteiger partial charge in [-0.05, 0) is 37.6 Å². The van der Waals surface area contributed by atoms with Crippen molar-refractivity contribution in [1.82, 2.24) is 9.88 Å². The predicted octanol–water partition coefficient (Wildman–Crippen LogP) is 3.07. The Labute approximate surface area is 167 Å². The average Bonchev–Trinajstić information content (AvgIpc) is 3.16. The van der Waals surface area contributed by atoms with Gasteiger partial charge in [0.05, 0.1) is 0 Å². The number of aromatic nitrogens is 1. The Morgan fingerprint density at radius 3 is 2.74 bits per heavy atom. The summed E-state index contributed by atoms with van der Waals surface area (Å²) in [4.78, 5) is 30.2. The molecule has 0 bridgehead atoms. The van der Waals surface area contributed by atoms with Gasteiger partial charge in [0.1, 0.15) is 12.3 Å². The van der Waals surface area contributed by atoms with E-state index < -0.39 is 0 Å². The zero-order valence-corrected chi connectivity index (χ0v) is 16.6. The highest BCUT2D eigenvalue weighted by atomic mass is 35.5. The molecule has 1 heterocycles. The molecule has 2 amide bonds. The first-order valence-corrected chi connectivity index (χ1v) is 9.77. The van der Waals surface area contributed by atoms with Crippen LogP contribution in [0.2, 0.25) is 5.02 Å². The normalized spacial score (nSPS) is 10.4. The molecule has 2 rings (SSSR count). The number of hydrogen-bond donors (Lipinski definition) is 1. The van der Waals surface area contributed by atoms with E-state index >= 15 is 0 Å². The van der Waals surface area contributed by atoms with Gasteiger partial charge < -0.3 is 19.7 Å². The fourth-order valence-corrected chi connectivity index (χ4v) is 2.85. The topological polar surface area (TPSA) is 80.8 Å². The monoisotopic (exact) mass is 411 g/mol. The van der Waals surface area contributed by atoms with Crippen LogP contribution in [0.1, 0.15) is 13.3 Å². The summed E-state index contributed by atoms with van der Waals surface area (Å²) < 4.78 is 10.8. The van der Waals surface area contributed by atoms with Crippen LogP contribution < -0.4 is 10.1 Å². The molecule has 0 spiro atoms. The highest BCUT2D eigenvalue weighted by molar-refractivity contribution is 7.13. The first-order valence-electron chi connectivity index (χ1n) is 8.51. The highest BCUT2D eigenvalue weighted by Gasteiger charge is 2.18. The molecule has 1 aromatic carbocycles. The number of nitrogens with zero attached hydrogens (tertiary/aromatic N) is 2. The first kappa shape index (κ1) is 21.1. The van der Waals surface area contributed by atoms with Gasteiger partial charge >= 0.3 is 0 Å². The Balaban J connectivity index is 1.89. The summed E-state index contributed by atoms with van der Waals surface area (Å²) in [6.07, 6.45) is 2.23. The number of nitrogens with one attached hydrogen (secondary N) is 1. The van der Waals surface area contributed by atoms with Crippen LogP contribution in [0.4, 0.5) is 5.13 Å². The minimum atomic E-state index is -0.304. The summed E-state index contributed by atoms with van der Waals surface area (Å²) >= 11 is 7.15. The molecule has 0 saturated carbocycles. The van der Waals surface area contributed by atoms with Crippen LogP contribution in [0.15, 0.2) is 35.8 Å². The molecule has 0 fully saturated rings. The third kappa shape index (κ3) is 7.94. The Morgan fingerprint density at radius 2 is 2.07 bits per heavy atom. The second-order valence-corrected chi connectivity index (χ2v) is 6.82. The zero-order chi connectivity index (χ0) is 19.5. The zero-order valence-electron chi connectivity index (χ0n) is 15.0. The van der Waals surface area contributed by atoms with Crippen LogP contribution in [0.5, 0.6) is 5.75 Å². The maximum Gasteiger partial charge on any atom is 0.260 e. The number of carbonyl (C=O) groups excluding carboxylic acids is 2. The highest BCUT2D eigenvalue weighted by Crippen LogP contribution is 2.15. The van der Waals surface area contributed by atoms with Gasteiger partial charge in [0.25, 0.3) is 5.91 Å². The van der Waals surface area contributed by atoms with E-state index in [2.05, 4.69) is 10.3 Å². The van der Waals surface area contributed by atoms with Crippen molar-refractivity contribution in [3.63, 3.8) is 0 Å². The van der Waals surface area contributed by atoms with Crippen LogP contribution >= 0.6 is 22.9 Å². The maximum atomic E-state index is 12.5. The Kier molecular flexibility index (Phi) is 9.03. The van der Waals surface area contributed by atoms with E-state index in [0.29, 0.717) is 42.1 Å². The molecule has 27 heavy (non-hydrogen) atoms. The van der Waals surface area contributed by atoms with Gasteiger partial charge in [-0.3, -0.25) is 9.59 Å². The van der Waals surface area contributed by atoms with Gasteiger partial charge in [-0.15, -0.1) is 11.3 Å². The number of benzene rings is 1. The minimum absolute atomic E-state index is 0.0749. The van der Waals surface area contributed by atoms with Crippen molar-refractivity contribution in [1.29, 1.82) is 0 Å². The number of hydrogen-bond acceptors (Lipinski definition) is 6. The second kappa shape index (κ2) is 11.5. The summed E-state index contributed by atoms with van der Waals surface area (Å²) in [6.45, 7) is 3.19. The Morgan fingerprint density at radius 1 is 1.30 bits per heavy atom. The van der Waals surface area contributed by atoms with Gasteiger partial charge in [0.15, 0.2) is 11.7 Å². The number of rotatable bonds is 11. The van der Waals surface area contributed by atoms with Crippen molar-refractivity contribution in [3.8, 4) is 5.75 Å². The molecule has 146 valence electrons. The van der Waals surface area contributed by atoms with E-state index in [1.54, 1.807) is 35.8 Å². The molecule has 7 nitrogen and oxygen atoms in total. The van der Waals surface area contributed by atoms with Crippen LogP contribution in [0.25, 0.3) is 0 Å². The molecule has 1 aromatic heterocycles. The molecule has 0 aliphatic carbocycles. The molecular weight excluding hydrogens is 390 g/mol. The van der Waals surface area contributed by atoms with Crippen molar-refractivity contribution >= 4 is 39.9 Å². The summed E-state index contributed by atoms with van der Waals surface area (Å²) in [5.41, 5.74) is 0. The lowest BCUT2D eigenvalue weighted by atomic mass is 10.3. The summed E-state index contributed by atoms with van der Waals surface area (Å²) in [5, 5.41) is 5.53. The van der Waals surface area contributed by atoms with Crippen LogP contribution in [0.3, 0.4) is 0 Å². The van der Waals surface area contributed by atoms with Crippen LogP contribution in [-0.4, -0.2) is 54.6 Å². The average molecular weight is 412 g/mol. The maximum absolute atomic E-state index is 12.5. The number of thiazole rings is 1. The molecule has 2 aromatic rings. The molecule has 0 atom stereocenters. The molecule has 9 heteroatoms. The smallest absolute Gasteiger partial charge is 0.260 e. The van der Waals surface area contributed by atoms with Gasteiger partial charge in [-0.2, -0.15) is 0 Å². The van der Waals surface area contributed by atoms with E-state index in [1.165, 1.54) is 16.2 Å². The lowest BCUT2D eigenvalue weighted by Crippen LogP contribution is -2.41. The van der Waals surface area contributed by atoms with E-state index in [0.717, 1.165) is 0 Å². The van der Waals surface area contributed by atoms with Crippen molar-refractivity contribution in [2.75, 3.05) is 38.2 Å². The molecule has 0 aliphatic heterocycles. The van der Waals surface area contributed by atoms with Gasteiger partial charge in [-0.25, -0.2) is 4.98 Å². The number of anilines is 1. The fraction of sp³-hybridized carbons (Fsp3) is 0.389. The minimum Gasteiger partial charge on any atom is -0.484 e. The Bertz CT molecular complexity index is 710. The molecule has 0 saturated heterocycles. The molecule has 0 unspecified atom stereocenters. The van der Waals surface area contributed by atoms with Crippen molar-refractivity contribution < 1.29 is 19.1 Å². The molecular formula is C18H22ClN3O4S. The number of ether oxygens (including phenoxy) is 2. The van der Waals surface area contributed by atoms with Gasteiger partial charge in [-0.1, -0.05) is 11.6 Å². The van der Waals surface area contributed by atoms with Crippen molar-refractivity contribution in [2.45, 2.75) is 13.3 Å². The SMILES string of the molecule is CCOCCCN(CC(=O)Nc1nccs1)C(=O)COc1ccc(Cl)cc1. The lowest BCUT2D eigenvalue weighted by molar-refractivity contribution is -0.136. The number of halogens is 1. The van der Waals surface area contributed by atoms with Crippen molar-refractivity contribution in [3.05, 3.63) is 40.9 Å². The van der Waals surface area contributed by atoms with Gasteiger partial charge in [0.2, 0.25) is 5.91 Å². The van der Waals surface area contributed by atoms with Crippen LogP contribution in [0, 0.1) is 0 Å². The van der Waals surface area contributed by atoms with E-state index in [9.17, 15) is 9.59 Å². The van der Waals surface area contributed by atoms with E-state index in [-0.39, 0.29) is 25.0 Å². The Hall–Kier alpha value is -2.16. The first-order chi connectivity index (χ1) is 13.1. The second-order valence-electron chi connectivity index (χ2n) is 5.49. The summed E-state index contributed by atoms with van der Waals surface area (Å²) in [7, 11) is 0. The number of amides is 2. The quantitative estimate of drug-likeness (QED) is 0.575. The largest absolute Gasteiger partial charge is 0.484 e. The van der Waals surface area contributed by atoms with Crippen LogP contribution in [-0.2, 0) is 14.3 Å². The van der Waals surface area contributed by atoms with E-state index in [4.69, 9.17) is 21.1 Å². The molecule has 1 N–H and O–H groups in total. The van der Waals surface area contributed by atoms with Gasteiger partial charge in [0, 0.05) is 36.4 Å². The number of carbonyl (C=O) groups is 2. The lowest BCUT2D eigenvalue weighted by Gasteiger charge is -2.22.